The summed E-state index contributed by atoms with van der Waals surface area (Å²) in [7, 11) is 1.53. The molecule has 3 amide bonds. The Kier molecular flexibility index (Phi) is 8.47. The fraction of sp³-hybridized carbons (Fsp3) is 0.727. The summed E-state index contributed by atoms with van der Waals surface area (Å²) in [5.74, 6) is -1.77. The van der Waals surface area contributed by atoms with Gasteiger partial charge in [-0.15, -0.1) is 0 Å². The quantitative estimate of drug-likeness (QED) is 0.499. The minimum absolute atomic E-state index is 0.0276. The maximum absolute atomic E-state index is 11.5. The molecule has 0 unspecified atom stereocenters. The molecule has 0 fully saturated rings. The Hall–Kier alpha value is -1.67. The van der Waals surface area contributed by atoms with Crippen molar-refractivity contribution in [3.05, 3.63) is 0 Å². The monoisotopic (exact) mass is 275 g/mol. The third kappa shape index (κ3) is 8.11. The number of carbonyl (C=O) groups excluding carboxylic acids is 3. The third-order valence-corrected chi connectivity index (χ3v) is 2.20. The van der Waals surface area contributed by atoms with Gasteiger partial charge in [0, 0.05) is 14.0 Å². The zero-order valence-corrected chi connectivity index (χ0v) is 11.6. The summed E-state index contributed by atoms with van der Waals surface area (Å²) in [6.45, 7) is 4.69. The largest absolute Gasteiger partial charge is 0.359 e. The van der Waals surface area contributed by atoms with Crippen LogP contribution in [-0.2, 0) is 24.1 Å². The summed E-state index contributed by atoms with van der Waals surface area (Å²) in [5, 5.41) is 2.47. The molecule has 0 aliphatic heterocycles. The van der Waals surface area contributed by atoms with Gasteiger partial charge in [0.1, 0.15) is 0 Å². The van der Waals surface area contributed by atoms with Crippen LogP contribution in [0.2, 0.25) is 0 Å². The van der Waals surface area contributed by atoms with E-state index >= 15 is 0 Å². The summed E-state index contributed by atoms with van der Waals surface area (Å²) in [4.78, 5) is 42.9. The van der Waals surface area contributed by atoms with Crippen LogP contribution in [0.3, 0.4) is 0 Å². The van der Waals surface area contributed by atoms with Gasteiger partial charge in [-0.3, -0.25) is 24.1 Å². The van der Waals surface area contributed by atoms with Crippen LogP contribution in [-0.4, -0.2) is 38.0 Å². The van der Waals surface area contributed by atoms with Gasteiger partial charge in [-0.1, -0.05) is 13.8 Å². The highest BCUT2D eigenvalue weighted by Crippen LogP contribution is 1.97. The first kappa shape index (κ1) is 17.3. The van der Waals surface area contributed by atoms with E-state index in [1.807, 2.05) is 0 Å². The normalized spacial score (nSPS) is 13.3. The van der Waals surface area contributed by atoms with Crippen molar-refractivity contribution in [2.75, 3.05) is 20.3 Å². The van der Waals surface area contributed by atoms with Crippen LogP contribution in [0.1, 0.15) is 20.8 Å². The smallest absolute Gasteiger partial charge is 0.248 e. The van der Waals surface area contributed by atoms with Crippen molar-refractivity contribution in [2.24, 2.45) is 11.8 Å². The highest BCUT2D eigenvalue weighted by molar-refractivity contribution is 5.78. The Morgan fingerprint density at radius 1 is 0.947 bits per heavy atom. The summed E-state index contributed by atoms with van der Waals surface area (Å²) >= 11 is 0. The number of amides is 3. The molecule has 2 atom stereocenters. The van der Waals surface area contributed by atoms with Crippen LogP contribution in [0.4, 0.5) is 0 Å². The lowest BCUT2D eigenvalue weighted by Crippen LogP contribution is -2.36. The molecule has 0 aromatic rings. The van der Waals surface area contributed by atoms with Gasteiger partial charge in [0.15, 0.2) is 0 Å². The second-order valence-electron chi connectivity index (χ2n) is 4.16. The maximum Gasteiger partial charge on any atom is 0.248 e. The molecule has 0 bridgehead atoms. The van der Waals surface area contributed by atoms with Gasteiger partial charge < -0.3 is 5.32 Å². The van der Waals surface area contributed by atoms with E-state index < -0.39 is 11.8 Å². The minimum atomic E-state index is -0.498. The Labute approximate surface area is 112 Å². The van der Waals surface area contributed by atoms with Gasteiger partial charge in [0.05, 0.1) is 25.0 Å². The van der Waals surface area contributed by atoms with Crippen molar-refractivity contribution in [3.8, 4) is 0 Å². The lowest BCUT2D eigenvalue weighted by Gasteiger charge is -2.14. The van der Waals surface area contributed by atoms with Crippen molar-refractivity contribution < 1.29 is 24.1 Å². The van der Waals surface area contributed by atoms with Gasteiger partial charge in [0.25, 0.3) is 0 Å². The lowest BCUT2D eigenvalue weighted by atomic mass is 10.2. The fourth-order valence-electron chi connectivity index (χ4n) is 1.00. The SMILES string of the molecule is CNC(=O)[C@H](C)CONC(=O)[C@H](C)CONC(C)=O. The maximum atomic E-state index is 11.5. The molecule has 0 saturated carbocycles. The van der Waals surface area contributed by atoms with Crippen LogP contribution in [0.5, 0.6) is 0 Å². The number of hydrogen-bond donors (Lipinski definition) is 3. The van der Waals surface area contributed by atoms with E-state index in [1.54, 1.807) is 13.8 Å². The van der Waals surface area contributed by atoms with Crippen LogP contribution >= 0.6 is 0 Å². The van der Waals surface area contributed by atoms with Gasteiger partial charge in [-0.25, -0.2) is 11.0 Å². The second kappa shape index (κ2) is 9.29. The molecule has 0 aromatic heterocycles. The number of hydrogen-bond acceptors (Lipinski definition) is 5. The summed E-state index contributed by atoms with van der Waals surface area (Å²) < 4.78 is 0. The van der Waals surface area contributed by atoms with Crippen molar-refractivity contribution >= 4 is 17.7 Å². The Morgan fingerprint density at radius 2 is 1.42 bits per heavy atom. The van der Waals surface area contributed by atoms with E-state index in [0.29, 0.717) is 0 Å². The Bertz CT molecular complexity index is 321. The Balaban J connectivity index is 3.78. The third-order valence-electron chi connectivity index (χ3n) is 2.20. The number of rotatable bonds is 8. The van der Waals surface area contributed by atoms with E-state index in [2.05, 4.69) is 16.3 Å². The number of nitrogens with one attached hydrogen (secondary N) is 3. The fourth-order valence-corrected chi connectivity index (χ4v) is 1.00. The van der Waals surface area contributed by atoms with E-state index in [-0.39, 0.29) is 30.9 Å². The van der Waals surface area contributed by atoms with Crippen molar-refractivity contribution in [3.63, 3.8) is 0 Å². The molecule has 0 aromatic carbocycles. The van der Waals surface area contributed by atoms with Gasteiger partial charge >= 0.3 is 0 Å². The average Bonchev–Trinajstić information content (AvgIpc) is 2.36. The number of carbonyl (C=O) groups is 3. The van der Waals surface area contributed by atoms with Crippen molar-refractivity contribution in [1.29, 1.82) is 0 Å². The summed E-state index contributed by atoms with van der Waals surface area (Å²) in [5.41, 5.74) is 4.33. The standard InChI is InChI=1S/C11H21N3O5/c1-7(10(16)12-4)5-19-14-11(17)8(2)6-18-13-9(3)15/h7-8H,5-6H2,1-4H3,(H,12,16)(H,13,15)(H,14,17)/t7-,8-/m1/s1. The minimum Gasteiger partial charge on any atom is -0.359 e. The molecule has 19 heavy (non-hydrogen) atoms. The molecule has 0 aliphatic carbocycles. The topological polar surface area (TPSA) is 106 Å². The molecular formula is C11H21N3O5. The predicted octanol–water partition coefficient (Wildman–Crippen LogP) is -0.880. The molecule has 8 nitrogen and oxygen atoms in total. The first-order valence-electron chi connectivity index (χ1n) is 5.90. The first-order valence-corrected chi connectivity index (χ1v) is 5.90. The van der Waals surface area contributed by atoms with Gasteiger partial charge in [0.2, 0.25) is 17.7 Å². The molecule has 0 radical (unpaired) electrons. The van der Waals surface area contributed by atoms with Crippen LogP contribution in [0.25, 0.3) is 0 Å². The Morgan fingerprint density at radius 3 is 1.89 bits per heavy atom. The van der Waals surface area contributed by atoms with Gasteiger partial charge in [-0.05, 0) is 0 Å². The van der Waals surface area contributed by atoms with E-state index in [4.69, 9.17) is 9.68 Å². The van der Waals surface area contributed by atoms with E-state index in [9.17, 15) is 14.4 Å². The number of hydroxylamine groups is 2. The summed E-state index contributed by atoms with van der Waals surface area (Å²) in [6, 6.07) is 0. The highest BCUT2D eigenvalue weighted by Gasteiger charge is 2.16. The second-order valence-corrected chi connectivity index (χ2v) is 4.16. The summed E-state index contributed by atoms with van der Waals surface area (Å²) in [6.07, 6.45) is 0. The zero-order valence-electron chi connectivity index (χ0n) is 11.6. The molecule has 110 valence electrons. The van der Waals surface area contributed by atoms with Crippen molar-refractivity contribution in [1.82, 2.24) is 16.3 Å². The average molecular weight is 275 g/mol. The molecular weight excluding hydrogens is 254 g/mol. The molecule has 0 spiro atoms. The molecule has 0 aliphatic rings. The van der Waals surface area contributed by atoms with Crippen LogP contribution in [0.15, 0.2) is 0 Å². The van der Waals surface area contributed by atoms with Crippen molar-refractivity contribution in [2.45, 2.75) is 20.8 Å². The predicted molar refractivity (Wildman–Crippen MR) is 66.3 cm³/mol. The lowest BCUT2D eigenvalue weighted by molar-refractivity contribution is -0.146. The molecule has 0 heterocycles. The first-order chi connectivity index (χ1) is 8.88. The van der Waals surface area contributed by atoms with Gasteiger partial charge in [-0.2, -0.15) is 0 Å². The van der Waals surface area contributed by atoms with E-state index in [0.717, 1.165) is 0 Å². The highest BCUT2D eigenvalue weighted by atomic mass is 16.7. The van der Waals surface area contributed by atoms with Crippen LogP contribution < -0.4 is 16.3 Å². The van der Waals surface area contributed by atoms with E-state index in [1.165, 1.54) is 14.0 Å². The molecule has 8 heteroatoms. The molecule has 3 N–H and O–H groups in total. The molecule has 0 saturated heterocycles. The molecule has 0 rings (SSSR count). The zero-order chi connectivity index (χ0) is 14.8. The van der Waals surface area contributed by atoms with Crippen LogP contribution in [0, 0.1) is 11.8 Å².